The largest absolute Gasteiger partial charge is 0.465 e. The van der Waals surface area contributed by atoms with E-state index in [1.807, 2.05) is 60.8 Å². The summed E-state index contributed by atoms with van der Waals surface area (Å²) in [4.78, 5) is 27.6. The van der Waals surface area contributed by atoms with Crippen molar-refractivity contribution in [1.29, 1.82) is 0 Å². The smallest absolute Gasteiger partial charge is 0.315 e. The normalized spacial score (nSPS) is 17.2. The first-order chi connectivity index (χ1) is 13.8. The molecule has 0 bridgehead atoms. The molecule has 1 fully saturated rings. The van der Waals surface area contributed by atoms with Gasteiger partial charge in [0.05, 0.1) is 12.0 Å². The topological polar surface area (TPSA) is 51.5 Å². The minimum absolute atomic E-state index is 0.0489. The van der Waals surface area contributed by atoms with Gasteiger partial charge in [0.1, 0.15) is 5.69 Å². The second-order valence-electron chi connectivity index (χ2n) is 8.21. The number of likely N-dealkylation sites (tertiary alicyclic amines) is 1. The lowest BCUT2D eigenvalue weighted by molar-refractivity contribution is -0.149. The summed E-state index contributed by atoms with van der Waals surface area (Å²) in [5, 5.41) is 0.598. The van der Waals surface area contributed by atoms with E-state index in [-0.39, 0.29) is 17.9 Å². The molecule has 2 aromatic rings. The summed E-state index contributed by atoms with van der Waals surface area (Å²) in [5.74, 6) is -0.233. The van der Waals surface area contributed by atoms with E-state index in [2.05, 4.69) is 0 Å². The van der Waals surface area contributed by atoms with Crippen molar-refractivity contribution < 1.29 is 14.3 Å². The third-order valence-electron chi connectivity index (χ3n) is 5.79. The number of aryl methyl sites for hydroxylation is 1. The van der Waals surface area contributed by atoms with Crippen molar-refractivity contribution in [2.75, 3.05) is 13.2 Å². The molecule has 3 rings (SSSR count). The molecular weight excluding hydrogens is 388 g/mol. The maximum atomic E-state index is 13.0. The van der Waals surface area contributed by atoms with E-state index in [1.54, 1.807) is 12.1 Å². The molecule has 0 saturated carbocycles. The first kappa shape index (κ1) is 21.4. The Bertz CT molecular complexity index is 875. The maximum absolute atomic E-state index is 13.0. The Hall–Kier alpha value is -2.27. The summed E-state index contributed by atoms with van der Waals surface area (Å²) in [5.41, 5.74) is 0.736. The van der Waals surface area contributed by atoms with Crippen molar-refractivity contribution in [1.82, 2.24) is 9.47 Å². The predicted octanol–water partition coefficient (Wildman–Crippen LogP) is 4.58. The molecule has 6 heteroatoms. The summed E-state index contributed by atoms with van der Waals surface area (Å²) >= 11 is 6.07. The van der Waals surface area contributed by atoms with Crippen molar-refractivity contribution in [3.8, 4) is 0 Å². The van der Waals surface area contributed by atoms with E-state index in [9.17, 15) is 9.59 Å². The minimum atomic E-state index is -0.782. The zero-order chi connectivity index (χ0) is 21.0. The number of rotatable bonds is 6. The number of amides is 1. The number of halogens is 1. The highest BCUT2D eigenvalue weighted by Crippen LogP contribution is 2.28. The average molecular weight is 417 g/mol. The molecule has 1 atom stereocenters. The molecule has 1 aliphatic rings. The highest BCUT2D eigenvalue weighted by Gasteiger charge is 2.33. The Morgan fingerprint density at radius 1 is 1.21 bits per heavy atom. The summed E-state index contributed by atoms with van der Waals surface area (Å²) in [6.45, 7) is 4.72. The van der Waals surface area contributed by atoms with Gasteiger partial charge in [0.15, 0.2) is 0 Å². The van der Waals surface area contributed by atoms with Crippen LogP contribution in [0.4, 0.5) is 0 Å². The second-order valence-corrected chi connectivity index (χ2v) is 8.65. The molecule has 2 heterocycles. The number of hydrogen-bond donors (Lipinski definition) is 0. The van der Waals surface area contributed by atoms with E-state index < -0.39 is 5.41 Å². The van der Waals surface area contributed by atoms with E-state index >= 15 is 0 Å². The SMILES string of the molecule is Cn1cccc1C(=O)N1CCCCC1CCOC(=O)C(C)(C)c1cccc(Cl)c1. The zero-order valence-electron chi connectivity index (χ0n) is 17.4. The van der Waals surface area contributed by atoms with Gasteiger partial charge in [-0.1, -0.05) is 23.7 Å². The molecule has 1 aliphatic heterocycles. The standard InChI is InChI=1S/C23H29ClN2O3/c1-23(2,17-8-6-9-18(24)16-17)22(28)29-15-12-19-10-4-5-14-26(19)21(27)20-11-7-13-25(20)3/h6-9,11,13,16,19H,4-5,10,12,14-15H2,1-3H3. The van der Waals surface area contributed by atoms with Crippen LogP contribution >= 0.6 is 11.6 Å². The number of carbonyl (C=O) groups excluding carboxylic acids is 2. The van der Waals surface area contributed by atoms with Crippen molar-refractivity contribution in [3.63, 3.8) is 0 Å². The lowest BCUT2D eigenvalue weighted by Gasteiger charge is -2.36. The van der Waals surface area contributed by atoms with Gasteiger partial charge >= 0.3 is 5.97 Å². The molecule has 0 N–H and O–H groups in total. The number of carbonyl (C=O) groups is 2. The number of esters is 1. The minimum Gasteiger partial charge on any atom is -0.465 e. The van der Waals surface area contributed by atoms with Gasteiger partial charge in [-0.15, -0.1) is 0 Å². The van der Waals surface area contributed by atoms with Gasteiger partial charge in [0.25, 0.3) is 5.91 Å². The zero-order valence-corrected chi connectivity index (χ0v) is 18.1. The third-order valence-corrected chi connectivity index (χ3v) is 6.03. The van der Waals surface area contributed by atoms with E-state index in [1.165, 1.54) is 0 Å². The molecular formula is C23H29ClN2O3. The van der Waals surface area contributed by atoms with Crippen molar-refractivity contribution in [2.24, 2.45) is 7.05 Å². The third kappa shape index (κ3) is 4.84. The monoisotopic (exact) mass is 416 g/mol. The van der Waals surface area contributed by atoms with Crippen LogP contribution in [0.5, 0.6) is 0 Å². The van der Waals surface area contributed by atoms with Crippen LogP contribution in [0, 0.1) is 0 Å². The van der Waals surface area contributed by atoms with Gasteiger partial charge in [-0.2, -0.15) is 0 Å². The van der Waals surface area contributed by atoms with Crippen LogP contribution in [0.25, 0.3) is 0 Å². The Labute approximate surface area is 177 Å². The second kappa shape index (κ2) is 9.04. The van der Waals surface area contributed by atoms with Crippen LogP contribution in [0.15, 0.2) is 42.6 Å². The number of nitrogens with zero attached hydrogens (tertiary/aromatic N) is 2. The van der Waals surface area contributed by atoms with Crippen LogP contribution in [0.2, 0.25) is 5.02 Å². The molecule has 1 saturated heterocycles. The highest BCUT2D eigenvalue weighted by molar-refractivity contribution is 6.30. The van der Waals surface area contributed by atoms with Crippen molar-refractivity contribution in [2.45, 2.75) is 51.0 Å². The van der Waals surface area contributed by atoms with Crippen LogP contribution < -0.4 is 0 Å². The molecule has 0 radical (unpaired) electrons. The summed E-state index contributed by atoms with van der Waals surface area (Å²) in [7, 11) is 1.88. The summed E-state index contributed by atoms with van der Waals surface area (Å²) < 4.78 is 7.47. The lowest BCUT2D eigenvalue weighted by Crippen LogP contribution is -2.45. The Morgan fingerprint density at radius 3 is 2.69 bits per heavy atom. The number of ether oxygens (including phenoxy) is 1. The number of hydrogen-bond acceptors (Lipinski definition) is 3. The molecule has 1 aromatic heterocycles. The van der Waals surface area contributed by atoms with Gasteiger partial charge in [0.2, 0.25) is 0 Å². The van der Waals surface area contributed by atoms with E-state index in [4.69, 9.17) is 16.3 Å². The molecule has 156 valence electrons. The van der Waals surface area contributed by atoms with Crippen LogP contribution in [0.3, 0.4) is 0 Å². The fourth-order valence-electron chi connectivity index (χ4n) is 3.86. The fraction of sp³-hybridized carbons (Fsp3) is 0.478. The van der Waals surface area contributed by atoms with Crippen molar-refractivity contribution >= 4 is 23.5 Å². The average Bonchev–Trinajstić information content (AvgIpc) is 3.13. The quantitative estimate of drug-likeness (QED) is 0.647. The summed E-state index contributed by atoms with van der Waals surface area (Å²) in [6, 6.07) is 11.1. The number of piperidine rings is 1. The maximum Gasteiger partial charge on any atom is 0.315 e. The van der Waals surface area contributed by atoms with Gasteiger partial charge in [0, 0.05) is 37.3 Å². The van der Waals surface area contributed by atoms with Gasteiger partial charge in [-0.3, -0.25) is 9.59 Å². The van der Waals surface area contributed by atoms with E-state index in [0.717, 1.165) is 31.4 Å². The fourth-order valence-corrected chi connectivity index (χ4v) is 4.05. The highest BCUT2D eigenvalue weighted by atomic mass is 35.5. The predicted molar refractivity (Wildman–Crippen MR) is 114 cm³/mol. The number of benzene rings is 1. The molecule has 0 aliphatic carbocycles. The Kier molecular flexibility index (Phi) is 6.68. The Morgan fingerprint density at radius 2 is 2.00 bits per heavy atom. The van der Waals surface area contributed by atoms with Gasteiger partial charge in [-0.05, 0) is 62.9 Å². The molecule has 29 heavy (non-hydrogen) atoms. The van der Waals surface area contributed by atoms with Crippen LogP contribution in [0.1, 0.15) is 55.6 Å². The number of aromatic nitrogens is 1. The van der Waals surface area contributed by atoms with Gasteiger partial charge < -0.3 is 14.2 Å². The first-order valence-electron chi connectivity index (χ1n) is 10.2. The summed E-state index contributed by atoms with van der Waals surface area (Å²) in [6.07, 6.45) is 5.56. The molecule has 1 amide bonds. The first-order valence-corrected chi connectivity index (χ1v) is 10.5. The molecule has 0 spiro atoms. The molecule has 1 unspecified atom stereocenters. The molecule has 5 nitrogen and oxygen atoms in total. The van der Waals surface area contributed by atoms with Crippen molar-refractivity contribution in [3.05, 3.63) is 58.9 Å². The van der Waals surface area contributed by atoms with Crippen LogP contribution in [-0.2, 0) is 22.0 Å². The van der Waals surface area contributed by atoms with Gasteiger partial charge in [-0.25, -0.2) is 0 Å². The van der Waals surface area contributed by atoms with E-state index in [0.29, 0.717) is 23.7 Å². The molecule has 1 aromatic carbocycles. The lowest BCUT2D eigenvalue weighted by atomic mass is 9.85. The van der Waals surface area contributed by atoms with Crippen LogP contribution in [-0.4, -0.2) is 40.5 Å². The Balaban J connectivity index is 1.60.